The summed E-state index contributed by atoms with van der Waals surface area (Å²) in [6.45, 7) is 5.27. The van der Waals surface area contributed by atoms with Crippen LogP contribution >= 0.6 is 11.8 Å². The standard InChI is InChI=1S/C16H19N3S/c1-11(2)8-9-18-15-12-6-4-5-7-14(12)19-16(20-3)13(15)10-17/h4-7,11H,8-9H2,1-3H3,(H,18,19). The predicted octanol–water partition coefficient (Wildman–Crippen LogP) is 4.29. The summed E-state index contributed by atoms with van der Waals surface area (Å²) in [5.74, 6) is 0.640. The quantitative estimate of drug-likeness (QED) is 0.833. The second kappa shape index (κ2) is 6.62. The fourth-order valence-electron chi connectivity index (χ4n) is 2.11. The molecule has 0 radical (unpaired) electrons. The molecule has 0 amide bonds. The monoisotopic (exact) mass is 285 g/mol. The van der Waals surface area contributed by atoms with Crippen molar-refractivity contribution in [2.45, 2.75) is 25.3 Å². The van der Waals surface area contributed by atoms with Gasteiger partial charge in [0.2, 0.25) is 0 Å². The predicted molar refractivity (Wildman–Crippen MR) is 86.2 cm³/mol. The molecule has 2 rings (SSSR count). The summed E-state index contributed by atoms with van der Waals surface area (Å²) < 4.78 is 0. The maximum atomic E-state index is 9.46. The Morgan fingerprint density at radius 3 is 2.75 bits per heavy atom. The molecule has 20 heavy (non-hydrogen) atoms. The number of hydrogen-bond donors (Lipinski definition) is 1. The van der Waals surface area contributed by atoms with Crippen molar-refractivity contribution in [1.82, 2.24) is 4.98 Å². The van der Waals surface area contributed by atoms with Gasteiger partial charge in [0.05, 0.1) is 11.2 Å². The zero-order valence-electron chi connectivity index (χ0n) is 12.1. The third kappa shape index (κ3) is 3.05. The van der Waals surface area contributed by atoms with E-state index in [4.69, 9.17) is 0 Å². The summed E-state index contributed by atoms with van der Waals surface area (Å²) in [4.78, 5) is 4.57. The number of aromatic nitrogens is 1. The lowest BCUT2D eigenvalue weighted by atomic mass is 10.1. The lowest BCUT2D eigenvalue weighted by molar-refractivity contribution is 0.607. The number of hydrogen-bond acceptors (Lipinski definition) is 4. The molecule has 3 nitrogen and oxygen atoms in total. The molecule has 0 saturated carbocycles. The fourth-order valence-corrected chi connectivity index (χ4v) is 2.65. The van der Waals surface area contributed by atoms with Gasteiger partial charge in [0.15, 0.2) is 0 Å². The number of nitrogens with zero attached hydrogens (tertiary/aromatic N) is 2. The highest BCUT2D eigenvalue weighted by atomic mass is 32.2. The minimum atomic E-state index is 0.640. The van der Waals surface area contributed by atoms with Crippen molar-refractivity contribution in [3.63, 3.8) is 0 Å². The zero-order valence-corrected chi connectivity index (χ0v) is 12.9. The Morgan fingerprint density at radius 2 is 2.10 bits per heavy atom. The summed E-state index contributed by atoms with van der Waals surface area (Å²) in [5.41, 5.74) is 2.51. The first-order valence-corrected chi connectivity index (χ1v) is 8.00. The topological polar surface area (TPSA) is 48.7 Å². The van der Waals surface area contributed by atoms with Crippen LogP contribution in [0.3, 0.4) is 0 Å². The third-order valence-corrected chi connectivity index (χ3v) is 3.87. The number of para-hydroxylation sites is 1. The van der Waals surface area contributed by atoms with E-state index in [0.29, 0.717) is 11.5 Å². The van der Waals surface area contributed by atoms with E-state index in [2.05, 4.69) is 30.2 Å². The molecule has 0 saturated heterocycles. The van der Waals surface area contributed by atoms with Crippen LogP contribution in [0.1, 0.15) is 25.8 Å². The molecule has 1 N–H and O–H groups in total. The van der Waals surface area contributed by atoms with Crippen LogP contribution < -0.4 is 5.32 Å². The number of pyridine rings is 1. The Balaban J connectivity index is 2.50. The molecule has 0 bridgehead atoms. The lowest BCUT2D eigenvalue weighted by Gasteiger charge is -2.14. The molecule has 2 aromatic rings. The maximum absolute atomic E-state index is 9.46. The van der Waals surface area contributed by atoms with Crippen LogP contribution in [-0.4, -0.2) is 17.8 Å². The van der Waals surface area contributed by atoms with Gasteiger partial charge >= 0.3 is 0 Å². The number of rotatable bonds is 5. The molecular formula is C16H19N3S. The second-order valence-corrected chi connectivity index (χ2v) is 5.90. The van der Waals surface area contributed by atoms with Crippen molar-refractivity contribution < 1.29 is 0 Å². The van der Waals surface area contributed by atoms with Gasteiger partial charge in [-0.05, 0) is 24.7 Å². The summed E-state index contributed by atoms with van der Waals surface area (Å²) >= 11 is 1.52. The zero-order chi connectivity index (χ0) is 14.5. The molecule has 0 spiro atoms. The van der Waals surface area contributed by atoms with Gasteiger partial charge in [-0.25, -0.2) is 4.98 Å². The van der Waals surface area contributed by atoms with E-state index in [9.17, 15) is 5.26 Å². The molecule has 1 heterocycles. The number of nitriles is 1. The average Bonchev–Trinajstić information content (AvgIpc) is 2.46. The van der Waals surface area contributed by atoms with Crippen molar-refractivity contribution in [2.24, 2.45) is 5.92 Å². The van der Waals surface area contributed by atoms with Gasteiger partial charge in [0.1, 0.15) is 16.7 Å². The Kier molecular flexibility index (Phi) is 4.86. The third-order valence-electron chi connectivity index (χ3n) is 3.19. The van der Waals surface area contributed by atoms with Crippen LogP contribution in [0.25, 0.3) is 10.9 Å². The summed E-state index contributed by atoms with van der Waals surface area (Å²) in [7, 11) is 0. The summed E-state index contributed by atoms with van der Waals surface area (Å²) in [5, 5.41) is 14.7. The average molecular weight is 285 g/mol. The van der Waals surface area contributed by atoms with Gasteiger partial charge in [-0.2, -0.15) is 5.26 Å². The molecule has 1 aromatic heterocycles. The van der Waals surface area contributed by atoms with Crippen LogP contribution in [0.4, 0.5) is 5.69 Å². The van der Waals surface area contributed by atoms with Crippen LogP contribution in [-0.2, 0) is 0 Å². The molecule has 0 fully saturated rings. The van der Waals surface area contributed by atoms with Gasteiger partial charge in [-0.1, -0.05) is 32.0 Å². The number of fused-ring (bicyclic) bond motifs is 1. The highest BCUT2D eigenvalue weighted by Gasteiger charge is 2.14. The van der Waals surface area contributed by atoms with Crippen LogP contribution in [0.2, 0.25) is 0 Å². The van der Waals surface area contributed by atoms with Gasteiger partial charge < -0.3 is 5.32 Å². The summed E-state index contributed by atoms with van der Waals surface area (Å²) in [6.07, 6.45) is 3.03. The molecule has 4 heteroatoms. The Bertz CT molecular complexity index is 644. The van der Waals surface area contributed by atoms with Crippen molar-refractivity contribution >= 4 is 28.4 Å². The van der Waals surface area contributed by atoms with Gasteiger partial charge in [-0.3, -0.25) is 0 Å². The highest BCUT2D eigenvalue weighted by Crippen LogP contribution is 2.32. The minimum absolute atomic E-state index is 0.640. The minimum Gasteiger partial charge on any atom is -0.383 e. The number of anilines is 1. The van der Waals surface area contributed by atoms with E-state index < -0.39 is 0 Å². The van der Waals surface area contributed by atoms with Crippen molar-refractivity contribution in [1.29, 1.82) is 5.26 Å². The second-order valence-electron chi connectivity index (χ2n) is 5.11. The lowest BCUT2D eigenvalue weighted by Crippen LogP contribution is -2.08. The smallest absolute Gasteiger partial charge is 0.116 e. The Morgan fingerprint density at radius 1 is 1.35 bits per heavy atom. The van der Waals surface area contributed by atoms with Gasteiger partial charge in [0.25, 0.3) is 0 Å². The van der Waals surface area contributed by atoms with Crippen molar-refractivity contribution in [3.05, 3.63) is 29.8 Å². The first-order valence-electron chi connectivity index (χ1n) is 6.78. The molecule has 0 aliphatic carbocycles. The van der Waals surface area contributed by atoms with E-state index in [-0.39, 0.29) is 0 Å². The van der Waals surface area contributed by atoms with Crippen molar-refractivity contribution in [2.75, 3.05) is 18.1 Å². The van der Waals surface area contributed by atoms with E-state index in [0.717, 1.165) is 34.6 Å². The SMILES string of the molecule is CSc1nc2ccccc2c(NCCC(C)C)c1C#N. The maximum Gasteiger partial charge on any atom is 0.116 e. The summed E-state index contributed by atoms with van der Waals surface area (Å²) in [6, 6.07) is 10.3. The Labute approximate surface area is 124 Å². The first-order chi connectivity index (χ1) is 9.67. The van der Waals surface area contributed by atoms with Gasteiger partial charge in [0, 0.05) is 11.9 Å². The molecule has 0 aliphatic heterocycles. The van der Waals surface area contributed by atoms with Crippen LogP contribution in [0.15, 0.2) is 29.3 Å². The number of nitrogens with one attached hydrogen (secondary N) is 1. The normalized spacial score (nSPS) is 10.8. The Hall–Kier alpha value is -1.73. The highest BCUT2D eigenvalue weighted by molar-refractivity contribution is 7.98. The molecule has 1 aromatic carbocycles. The fraction of sp³-hybridized carbons (Fsp3) is 0.375. The molecule has 104 valence electrons. The molecule has 0 aliphatic rings. The number of thioether (sulfide) groups is 1. The van der Waals surface area contributed by atoms with Crippen LogP contribution in [0, 0.1) is 17.2 Å². The first kappa shape index (κ1) is 14.7. The van der Waals surface area contributed by atoms with Crippen molar-refractivity contribution in [3.8, 4) is 6.07 Å². The molecule has 0 atom stereocenters. The van der Waals surface area contributed by atoms with E-state index in [1.54, 1.807) is 0 Å². The van der Waals surface area contributed by atoms with E-state index in [1.165, 1.54) is 11.8 Å². The van der Waals surface area contributed by atoms with E-state index >= 15 is 0 Å². The molecular weight excluding hydrogens is 266 g/mol. The van der Waals surface area contributed by atoms with Gasteiger partial charge in [-0.15, -0.1) is 11.8 Å². The van der Waals surface area contributed by atoms with Crippen LogP contribution in [0.5, 0.6) is 0 Å². The van der Waals surface area contributed by atoms with E-state index in [1.807, 2.05) is 30.5 Å². The number of benzene rings is 1. The largest absolute Gasteiger partial charge is 0.383 e. The molecule has 0 unspecified atom stereocenters.